The third-order valence-corrected chi connectivity index (χ3v) is 4.85. The zero-order valence-corrected chi connectivity index (χ0v) is 11.8. The van der Waals surface area contributed by atoms with Crippen molar-refractivity contribution in [1.29, 1.82) is 0 Å². The lowest BCUT2D eigenvalue weighted by atomic mass is 9.92. The number of rotatable bonds is 4. The van der Waals surface area contributed by atoms with Gasteiger partial charge >= 0.3 is 0 Å². The van der Waals surface area contributed by atoms with Gasteiger partial charge < -0.3 is 5.11 Å². The van der Waals surface area contributed by atoms with Crippen molar-refractivity contribution in [2.24, 2.45) is 5.92 Å². The number of benzene rings is 1. The fraction of sp³-hybridized carbons (Fsp3) is 0.571. The second-order valence-electron chi connectivity index (χ2n) is 4.85. The van der Waals surface area contributed by atoms with Gasteiger partial charge in [-0.3, -0.25) is 0 Å². The molecule has 1 aromatic carbocycles. The number of hydrogen-bond donors (Lipinski definition) is 1. The molecule has 0 amide bonds. The summed E-state index contributed by atoms with van der Waals surface area (Å²) in [5.74, 6) is 2.61. The van der Waals surface area contributed by atoms with Gasteiger partial charge in [0.2, 0.25) is 0 Å². The lowest BCUT2D eigenvalue weighted by molar-refractivity contribution is 0.138. The number of thioether (sulfide) groups is 1. The number of hydrogen-bond acceptors (Lipinski definition) is 2. The Kier molecular flexibility index (Phi) is 5.34. The minimum atomic E-state index is -0.493. The first-order chi connectivity index (χ1) is 8.66. The van der Waals surface area contributed by atoms with E-state index in [1.165, 1.54) is 17.6 Å². The Hall–Kier alpha value is -0.250. The molecule has 18 heavy (non-hydrogen) atoms. The highest BCUT2D eigenvalue weighted by atomic mass is 35.5. The van der Waals surface area contributed by atoms with Gasteiger partial charge in [-0.25, -0.2) is 4.39 Å². The van der Waals surface area contributed by atoms with Crippen LogP contribution in [0.1, 0.15) is 24.8 Å². The molecule has 0 saturated carbocycles. The highest BCUT2D eigenvalue weighted by Gasteiger charge is 2.19. The third kappa shape index (κ3) is 3.87. The molecule has 1 saturated heterocycles. The molecule has 0 bridgehead atoms. The van der Waals surface area contributed by atoms with Crippen molar-refractivity contribution < 1.29 is 9.50 Å². The van der Waals surface area contributed by atoms with Gasteiger partial charge in [-0.2, -0.15) is 11.8 Å². The topological polar surface area (TPSA) is 20.2 Å². The summed E-state index contributed by atoms with van der Waals surface area (Å²) >= 11 is 7.93. The van der Waals surface area contributed by atoms with Crippen LogP contribution in [0.4, 0.5) is 4.39 Å². The maximum absolute atomic E-state index is 13.6. The van der Waals surface area contributed by atoms with Gasteiger partial charge in [0.25, 0.3) is 0 Å². The zero-order chi connectivity index (χ0) is 13.0. The third-order valence-electron chi connectivity index (χ3n) is 3.45. The molecular formula is C14H18ClFOS. The average Bonchev–Trinajstić information content (AvgIpc) is 2.35. The van der Waals surface area contributed by atoms with Crippen LogP contribution in [-0.4, -0.2) is 22.7 Å². The molecular weight excluding hydrogens is 271 g/mol. The Morgan fingerprint density at radius 2 is 2.11 bits per heavy atom. The van der Waals surface area contributed by atoms with E-state index in [2.05, 4.69) is 0 Å². The normalized spacial score (nSPS) is 18.8. The molecule has 1 N–H and O–H groups in total. The van der Waals surface area contributed by atoms with Crippen molar-refractivity contribution >= 4 is 23.4 Å². The van der Waals surface area contributed by atoms with Crippen LogP contribution in [0.5, 0.6) is 0 Å². The van der Waals surface area contributed by atoms with Crippen molar-refractivity contribution in [3.8, 4) is 0 Å². The summed E-state index contributed by atoms with van der Waals surface area (Å²) in [6.07, 6.45) is 2.90. The van der Waals surface area contributed by atoms with E-state index in [0.29, 0.717) is 22.9 Å². The predicted octanol–water partition coefficient (Wildman–Crippen LogP) is 3.92. The lowest BCUT2D eigenvalue weighted by Crippen LogP contribution is -2.20. The molecule has 1 atom stereocenters. The summed E-state index contributed by atoms with van der Waals surface area (Å²) < 4.78 is 13.6. The Balaban J connectivity index is 1.92. The predicted molar refractivity (Wildman–Crippen MR) is 75.8 cm³/mol. The molecule has 1 heterocycles. The largest absolute Gasteiger partial charge is 0.393 e. The molecule has 1 aromatic rings. The van der Waals surface area contributed by atoms with E-state index in [-0.39, 0.29) is 5.82 Å². The van der Waals surface area contributed by atoms with Crippen LogP contribution < -0.4 is 0 Å². The van der Waals surface area contributed by atoms with Crippen LogP contribution >= 0.6 is 23.4 Å². The van der Waals surface area contributed by atoms with Gasteiger partial charge in [-0.15, -0.1) is 0 Å². The smallest absolute Gasteiger partial charge is 0.127 e. The Morgan fingerprint density at radius 3 is 2.78 bits per heavy atom. The van der Waals surface area contributed by atoms with E-state index in [4.69, 9.17) is 11.6 Å². The monoisotopic (exact) mass is 288 g/mol. The van der Waals surface area contributed by atoms with Crippen LogP contribution in [0.25, 0.3) is 0 Å². The van der Waals surface area contributed by atoms with Gasteiger partial charge in [0.05, 0.1) is 6.10 Å². The Morgan fingerprint density at radius 1 is 1.39 bits per heavy atom. The quantitative estimate of drug-likeness (QED) is 0.906. The summed E-state index contributed by atoms with van der Waals surface area (Å²) in [5, 5.41) is 10.5. The maximum atomic E-state index is 13.6. The van der Waals surface area contributed by atoms with E-state index < -0.39 is 6.10 Å². The summed E-state index contributed by atoms with van der Waals surface area (Å²) in [7, 11) is 0. The molecule has 1 aliphatic rings. The first kappa shape index (κ1) is 14.2. The van der Waals surface area contributed by atoms with E-state index in [1.54, 1.807) is 12.1 Å². The van der Waals surface area contributed by atoms with Crippen LogP contribution in [0.2, 0.25) is 5.02 Å². The summed E-state index contributed by atoms with van der Waals surface area (Å²) in [6, 6.07) is 4.65. The molecule has 1 fully saturated rings. The van der Waals surface area contributed by atoms with Crippen LogP contribution in [0.3, 0.4) is 0 Å². The molecule has 1 unspecified atom stereocenters. The summed E-state index contributed by atoms with van der Waals surface area (Å²) in [4.78, 5) is 0. The molecule has 2 rings (SSSR count). The Labute approximate surface area is 117 Å². The zero-order valence-electron chi connectivity index (χ0n) is 10.2. The number of aliphatic hydroxyl groups is 1. The van der Waals surface area contributed by atoms with Gasteiger partial charge in [-0.05, 0) is 48.8 Å². The standard InChI is InChI=1S/C14H18ClFOS/c15-13-2-1-3-14(16)12(13)9-11(17)8-10-4-6-18-7-5-10/h1-3,10-11,17H,4-9H2. The van der Waals surface area contributed by atoms with Crippen LogP contribution in [0.15, 0.2) is 18.2 Å². The molecule has 4 heteroatoms. The first-order valence-electron chi connectivity index (χ1n) is 6.35. The van der Waals surface area contributed by atoms with Gasteiger partial charge in [0, 0.05) is 17.0 Å². The molecule has 0 aromatic heterocycles. The molecule has 0 spiro atoms. The average molecular weight is 289 g/mol. The van der Waals surface area contributed by atoms with Gasteiger partial charge in [0.15, 0.2) is 0 Å². The summed E-state index contributed by atoms with van der Waals surface area (Å²) in [5.41, 5.74) is 0.442. The van der Waals surface area contributed by atoms with Crippen molar-refractivity contribution in [2.75, 3.05) is 11.5 Å². The van der Waals surface area contributed by atoms with Gasteiger partial charge in [-0.1, -0.05) is 17.7 Å². The van der Waals surface area contributed by atoms with Gasteiger partial charge in [0.1, 0.15) is 5.82 Å². The fourth-order valence-corrected chi connectivity index (χ4v) is 3.86. The summed E-state index contributed by atoms with van der Waals surface area (Å²) in [6.45, 7) is 0. The molecule has 0 aliphatic carbocycles. The maximum Gasteiger partial charge on any atom is 0.127 e. The van der Waals surface area contributed by atoms with E-state index in [1.807, 2.05) is 11.8 Å². The second-order valence-corrected chi connectivity index (χ2v) is 6.48. The van der Waals surface area contributed by atoms with Crippen molar-refractivity contribution in [1.82, 2.24) is 0 Å². The minimum Gasteiger partial charge on any atom is -0.393 e. The van der Waals surface area contributed by atoms with Crippen molar-refractivity contribution in [3.05, 3.63) is 34.6 Å². The van der Waals surface area contributed by atoms with Crippen LogP contribution in [-0.2, 0) is 6.42 Å². The molecule has 100 valence electrons. The lowest BCUT2D eigenvalue weighted by Gasteiger charge is -2.24. The van der Waals surface area contributed by atoms with Crippen molar-refractivity contribution in [2.45, 2.75) is 31.8 Å². The van der Waals surface area contributed by atoms with Crippen molar-refractivity contribution in [3.63, 3.8) is 0 Å². The minimum absolute atomic E-state index is 0.315. The SMILES string of the molecule is OC(Cc1c(F)cccc1Cl)CC1CCSCC1. The van der Waals surface area contributed by atoms with Crippen LogP contribution in [0, 0.1) is 11.7 Å². The highest BCUT2D eigenvalue weighted by Crippen LogP contribution is 2.28. The first-order valence-corrected chi connectivity index (χ1v) is 7.88. The highest BCUT2D eigenvalue weighted by molar-refractivity contribution is 7.99. The number of aliphatic hydroxyl groups excluding tert-OH is 1. The molecule has 1 nitrogen and oxygen atoms in total. The fourth-order valence-electron chi connectivity index (χ4n) is 2.41. The molecule has 0 radical (unpaired) electrons. The second kappa shape index (κ2) is 6.78. The van der Waals surface area contributed by atoms with E-state index in [9.17, 15) is 9.50 Å². The number of halogens is 2. The van der Waals surface area contributed by atoms with E-state index >= 15 is 0 Å². The Bertz CT molecular complexity index is 373. The van der Waals surface area contributed by atoms with E-state index in [0.717, 1.165) is 19.3 Å². The molecule has 1 aliphatic heterocycles.